The summed E-state index contributed by atoms with van der Waals surface area (Å²) in [6.07, 6.45) is 1.44. The van der Waals surface area contributed by atoms with Gasteiger partial charge in [0.15, 0.2) is 0 Å². The summed E-state index contributed by atoms with van der Waals surface area (Å²) < 4.78 is 14.2. The van der Waals surface area contributed by atoms with E-state index in [0.717, 1.165) is 30.7 Å². The third-order valence-corrected chi connectivity index (χ3v) is 5.91. The topological polar surface area (TPSA) is 43.7 Å². The average Bonchev–Trinajstić information content (AvgIpc) is 2.87. The number of hydrogen-bond donors (Lipinski definition) is 0. The van der Waals surface area contributed by atoms with Gasteiger partial charge in [-0.25, -0.2) is 4.79 Å². The van der Waals surface area contributed by atoms with E-state index in [0.29, 0.717) is 19.7 Å². The molecule has 1 amide bonds. The molecule has 150 valence electrons. The Hall–Kier alpha value is -2.95. The van der Waals surface area contributed by atoms with E-state index in [1.807, 2.05) is 35.2 Å². The minimum atomic E-state index is -0.241. The second-order valence-corrected chi connectivity index (χ2v) is 8.55. The van der Waals surface area contributed by atoms with Gasteiger partial charge in [-0.15, -0.1) is 0 Å². The van der Waals surface area contributed by atoms with Crippen molar-refractivity contribution in [3.05, 3.63) is 65.4 Å². The highest BCUT2D eigenvalue weighted by molar-refractivity contribution is 5.91. The number of para-hydroxylation sites is 1. The van der Waals surface area contributed by atoms with Crippen molar-refractivity contribution in [3.63, 3.8) is 0 Å². The van der Waals surface area contributed by atoms with E-state index in [4.69, 9.17) is 9.47 Å². The van der Waals surface area contributed by atoms with E-state index in [1.54, 1.807) is 0 Å². The highest BCUT2D eigenvalue weighted by Crippen LogP contribution is 2.40. The maximum Gasteiger partial charge on any atom is 0.410 e. The monoisotopic (exact) mass is 390 g/mol. The molecule has 3 heterocycles. The smallest absolute Gasteiger partial charge is 0.410 e. The number of rotatable bonds is 2. The predicted octanol–water partition coefficient (Wildman–Crippen LogP) is 4.55. The molecule has 2 aliphatic rings. The molecule has 0 saturated heterocycles. The van der Waals surface area contributed by atoms with E-state index in [2.05, 4.69) is 36.6 Å². The van der Waals surface area contributed by atoms with Crippen LogP contribution in [0.15, 0.2) is 48.5 Å². The standard InChI is InChI=1S/C24H26N2O3/c1-24(2)16-26-20-12-14-25(23(27)28-15-17-7-4-3-5-8-17)13-11-18(20)19-9-6-10-21(29-24)22(19)26/h3-10H,11-16H2,1-2H3. The van der Waals surface area contributed by atoms with Gasteiger partial charge >= 0.3 is 6.09 Å². The molecule has 0 atom stereocenters. The largest absolute Gasteiger partial charge is 0.484 e. The van der Waals surface area contributed by atoms with Gasteiger partial charge in [0.1, 0.15) is 18.0 Å². The summed E-state index contributed by atoms with van der Waals surface area (Å²) in [6, 6.07) is 16.1. The molecule has 0 aliphatic carbocycles. The Kier molecular flexibility index (Phi) is 4.26. The summed E-state index contributed by atoms with van der Waals surface area (Å²) in [6.45, 7) is 6.75. The van der Waals surface area contributed by atoms with Crippen LogP contribution in [0.2, 0.25) is 0 Å². The fourth-order valence-electron chi connectivity index (χ4n) is 4.62. The van der Waals surface area contributed by atoms with E-state index in [9.17, 15) is 4.79 Å². The van der Waals surface area contributed by atoms with Crippen LogP contribution in [0.3, 0.4) is 0 Å². The van der Waals surface area contributed by atoms with Crippen molar-refractivity contribution < 1.29 is 14.3 Å². The molecule has 5 nitrogen and oxygen atoms in total. The van der Waals surface area contributed by atoms with Crippen LogP contribution in [-0.2, 0) is 30.7 Å². The first kappa shape index (κ1) is 18.1. The van der Waals surface area contributed by atoms with Crippen LogP contribution >= 0.6 is 0 Å². The van der Waals surface area contributed by atoms with E-state index in [1.165, 1.54) is 22.2 Å². The zero-order chi connectivity index (χ0) is 20.0. The first-order valence-electron chi connectivity index (χ1n) is 10.3. The Morgan fingerprint density at radius 2 is 1.86 bits per heavy atom. The van der Waals surface area contributed by atoms with E-state index >= 15 is 0 Å². The number of fused-ring (bicyclic) bond motifs is 3. The van der Waals surface area contributed by atoms with Gasteiger partial charge in [0, 0.05) is 30.6 Å². The maximum absolute atomic E-state index is 12.7. The highest BCUT2D eigenvalue weighted by Gasteiger charge is 2.33. The molecule has 5 rings (SSSR count). The molecular weight excluding hydrogens is 364 g/mol. The molecule has 2 aromatic carbocycles. The Morgan fingerprint density at radius 1 is 1.07 bits per heavy atom. The average molecular weight is 390 g/mol. The van der Waals surface area contributed by atoms with E-state index in [-0.39, 0.29) is 11.7 Å². The van der Waals surface area contributed by atoms with Gasteiger partial charge in [-0.3, -0.25) is 0 Å². The summed E-state index contributed by atoms with van der Waals surface area (Å²) in [5.41, 5.74) is 4.66. The number of hydrogen-bond acceptors (Lipinski definition) is 3. The van der Waals surface area contributed by atoms with Crippen molar-refractivity contribution in [1.82, 2.24) is 9.47 Å². The molecule has 3 aromatic rings. The first-order valence-corrected chi connectivity index (χ1v) is 10.3. The molecule has 0 bridgehead atoms. The Labute approximate surface area is 170 Å². The summed E-state index contributed by atoms with van der Waals surface area (Å²) >= 11 is 0. The number of benzene rings is 2. The van der Waals surface area contributed by atoms with Crippen molar-refractivity contribution in [2.24, 2.45) is 0 Å². The fraction of sp³-hybridized carbons (Fsp3) is 0.375. The van der Waals surface area contributed by atoms with Gasteiger partial charge in [-0.2, -0.15) is 0 Å². The third-order valence-electron chi connectivity index (χ3n) is 5.91. The number of ether oxygens (including phenoxy) is 2. The summed E-state index contributed by atoms with van der Waals surface area (Å²) in [7, 11) is 0. The van der Waals surface area contributed by atoms with Crippen LogP contribution in [0.25, 0.3) is 10.9 Å². The third kappa shape index (κ3) is 3.24. The van der Waals surface area contributed by atoms with Crippen molar-refractivity contribution in [1.29, 1.82) is 0 Å². The molecule has 0 spiro atoms. The molecule has 0 unspecified atom stereocenters. The van der Waals surface area contributed by atoms with Crippen LogP contribution < -0.4 is 4.74 Å². The second kappa shape index (κ2) is 6.83. The lowest BCUT2D eigenvalue weighted by atomic mass is 10.1. The summed E-state index contributed by atoms with van der Waals surface area (Å²) in [5.74, 6) is 0.964. The molecule has 29 heavy (non-hydrogen) atoms. The summed E-state index contributed by atoms with van der Waals surface area (Å²) in [5, 5.41) is 1.26. The van der Waals surface area contributed by atoms with Gasteiger partial charge < -0.3 is 18.9 Å². The number of amides is 1. The molecule has 1 aromatic heterocycles. The van der Waals surface area contributed by atoms with Crippen LogP contribution in [0, 0.1) is 0 Å². The normalized spacial score (nSPS) is 17.4. The first-order chi connectivity index (χ1) is 14.0. The zero-order valence-electron chi connectivity index (χ0n) is 17.0. The molecule has 2 aliphatic heterocycles. The molecule has 5 heteroatoms. The highest BCUT2D eigenvalue weighted by atomic mass is 16.6. The lowest BCUT2D eigenvalue weighted by molar-refractivity contribution is 0.0800. The molecule has 0 radical (unpaired) electrons. The lowest BCUT2D eigenvalue weighted by Gasteiger charge is -2.33. The zero-order valence-corrected chi connectivity index (χ0v) is 17.0. The Balaban J connectivity index is 1.37. The van der Waals surface area contributed by atoms with Crippen molar-refractivity contribution in [2.75, 3.05) is 13.1 Å². The van der Waals surface area contributed by atoms with Crippen LogP contribution in [0.5, 0.6) is 5.75 Å². The molecule has 0 N–H and O–H groups in total. The Bertz CT molecular complexity index is 1070. The van der Waals surface area contributed by atoms with Gasteiger partial charge in [-0.05, 0) is 37.5 Å². The SMILES string of the molecule is CC1(C)Cn2c3c(c4cccc(c42)O1)CCN(C(=O)OCc1ccccc1)CC3. The van der Waals surface area contributed by atoms with Gasteiger partial charge in [-0.1, -0.05) is 42.5 Å². The van der Waals surface area contributed by atoms with Crippen LogP contribution in [0.1, 0.15) is 30.7 Å². The quantitative estimate of drug-likeness (QED) is 0.645. The predicted molar refractivity (Wildman–Crippen MR) is 112 cm³/mol. The maximum atomic E-state index is 12.7. The molecule has 0 saturated carbocycles. The lowest BCUT2D eigenvalue weighted by Crippen LogP contribution is -2.37. The van der Waals surface area contributed by atoms with Crippen molar-refractivity contribution in [2.45, 2.75) is 45.4 Å². The number of aromatic nitrogens is 1. The summed E-state index contributed by atoms with van der Waals surface area (Å²) in [4.78, 5) is 14.5. The van der Waals surface area contributed by atoms with E-state index < -0.39 is 0 Å². The minimum Gasteiger partial charge on any atom is -0.484 e. The van der Waals surface area contributed by atoms with Crippen molar-refractivity contribution in [3.8, 4) is 5.75 Å². The second-order valence-electron chi connectivity index (χ2n) is 8.55. The van der Waals surface area contributed by atoms with Crippen LogP contribution in [0.4, 0.5) is 4.79 Å². The number of carbonyl (C=O) groups is 1. The van der Waals surface area contributed by atoms with Crippen molar-refractivity contribution >= 4 is 17.0 Å². The minimum absolute atomic E-state index is 0.230. The van der Waals surface area contributed by atoms with Gasteiger partial charge in [0.05, 0.1) is 12.1 Å². The number of carbonyl (C=O) groups excluding carboxylic acids is 1. The van der Waals surface area contributed by atoms with Crippen LogP contribution in [-0.4, -0.2) is 34.3 Å². The molecule has 0 fully saturated rings. The van der Waals surface area contributed by atoms with Gasteiger partial charge in [0.25, 0.3) is 0 Å². The molecular formula is C24H26N2O3. The van der Waals surface area contributed by atoms with Gasteiger partial charge in [0.2, 0.25) is 0 Å². The fourth-order valence-corrected chi connectivity index (χ4v) is 4.62. The number of nitrogens with zero attached hydrogens (tertiary/aromatic N) is 2. The Morgan fingerprint density at radius 3 is 2.69 bits per heavy atom.